The summed E-state index contributed by atoms with van der Waals surface area (Å²) >= 11 is 0.817. The molecule has 0 aromatic heterocycles. The van der Waals surface area contributed by atoms with Crippen molar-refractivity contribution in [3.05, 3.63) is 82.3 Å². The molecule has 3 aliphatic rings. The third-order valence-electron chi connectivity index (χ3n) is 8.57. The molecule has 2 aromatic rings. The number of carboxylic acids is 1. The van der Waals surface area contributed by atoms with Crippen molar-refractivity contribution in [1.82, 2.24) is 0 Å². The van der Waals surface area contributed by atoms with E-state index in [1.807, 2.05) is 19.1 Å². The third-order valence-corrected chi connectivity index (χ3v) is 9.99. The number of benzene rings is 2. The first kappa shape index (κ1) is 32.6. The molecule has 12 nitrogen and oxygen atoms in total. The van der Waals surface area contributed by atoms with Crippen LogP contribution < -0.4 is 5.32 Å². The molecule has 1 aliphatic carbocycles. The van der Waals surface area contributed by atoms with Gasteiger partial charge in [0.1, 0.15) is 5.76 Å². The van der Waals surface area contributed by atoms with E-state index >= 15 is 0 Å². The minimum Gasteiger partial charge on any atom is -0.506 e. The van der Waals surface area contributed by atoms with Crippen LogP contribution >= 0.6 is 12.0 Å². The van der Waals surface area contributed by atoms with E-state index in [2.05, 4.69) is 19.7 Å². The monoisotopic (exact) mass is 656 g/mol. The zero-order chi connectivity index (χ0) is 32.7. The van der Waals surface area contributed by atoms with Crippen molar-refractivity contribution in [2.75, 3.05) is 5.32 Å². The number of Topliss-reactive ketones (excluding diaryl/α,β-unsaturated/α-hetero) is 1. The average molecular weight is 657 g/mol. The number of aliphatic imine (C=N–C) groups is 1. The Hall–Kier alpha value is -3.79. The van der Waals surface area contributed by atoms with Crippen LogP contribution in [0.5, 0.6) is 0 Å². The summed E-state index contributed by atoms with van der Waals surface area (Å²) in [6.07, 6.45) is 5.73. The first-order valence-electron chi connectivity index (χ1n) is 14.1. The summed E-state index contributed by atoms with van der Waals surface area (Å²) < 4.78 is 37.4. The molecular weight excluding hydrogens is 624 g/mol. The Kier molecular flexibility index (Phi) is 8.83. The zero-order valence-corrected chi connectivity index (χ0v) is 26.3. The number of allylic oxidation sites excluding steroid dienone is 5. The van der Waals surface area contributed by atoms with Crippen LogP contribution in [0.1, 0.15) is 64.0 Å². The van der Waals surface area contributed by atoms with Gasteiger partial charge < -0.3 is 15.5 Å². The van der Waals surface area contributed by atoms with Crippen LogP contribution in [-0.4, -0.2) is 45.9 Å². The molecule has 1 atom stereocenters. The van der Waals surface area contributed by atoms with Crippen molar-refractivity contribution < 1.29 is 47.4 Å². The molecule has 0 bridgehead atoms. The molecule has 2 aliphatic heterocycles. The predicted octanol–water partition coefficient (Wildman–Crippen LogP) is 6.35. The van der Waals surface area contributed by atoms with Gasteiger partial charge in [-0.2, -0.15) is 8.42 Å². The highest BCUT2D eigenvalue weighted by molar-refractivity contribution is 7.94. The maximum Gasteiger partial charge on any atom is 0.303 e. The smallest absolute Gasteiger partial charge is 0.303 e. The van der Waals surface area contributed by atoms with Crippen molar-refractivity contribution in [2.45, 2.75) is 73.5 Å². The molecule has 0 amide bonds. The Morgan fingerprint density at radius 2 is 1.82 bits per heavy atom. The summed E-state index contributed by atoms with van der Waals surface area (Å²) in [6, 6.07) is 9.56. The minimum absolute atomic E-state index is 0.0715. The lowest BCUT2D eigenvalue weighted by atomic mass is 9.75. The van der Waals surface area contributed by atoms with Crippen molar-refractivity contribution in [1.29, 1.82) is 0 Å². The number of hydrogen-bond acceptors (Lipinski definition) is 11. The highest BCUT2D eigenvalue weighted by Crippen LogP contribution is 2.49. The van der Waals surface area contributed by atoms with Gasteiger partial charge in [0, 0.05) is 33.5 Å². The van der Waals surface area contributed by atoms with E-state index in [1.165, 1.54) is 24.3 Å². The highest BCUT2D eigenvalue weighted by atomic mass is 32.2. The van der Waals surface area contributed by atoms with Gasteiger partial charge in [-0.1, -0.05) is 31.7 Å². The van der Waals surface area contributed by atoms with Gasteiger partial charge in [-0.05, 0) is 79.4 Å². The summed E-state index contributed by atoms with van der Waals surface area (Å²) in [5, 5.41) is 35.7. The van der Waals surface area contributed by atoms with Crippen LogP contribution in [0.4, 0.5) is 11.4 Å². The molecule has 5 rings (SSSR count). The Morgan fingerprint density at radius 3 is 2.49 bits per heavy atom. The summed E-state index contributed by atoms with van der Waals surface area (Å²) in [6.45, 7) is 5.61. The number of carboxylic acid groups (broad SMARTS) is 1. The molecule has 0 saturated carbocycles. The van der Waals surface area contributed by atoms with Crippen molar-refractivity contribution in [3.63, 3.8) is 0 Å². The Balaban J connectivity index is 1.44. The van der Waals surface area contributed by atoms with Gasteiger partial charge in [-0.25, -0.2) is 5.26 Å². The highest BCUT2D eigenvalue weighted by Gasteiger charge is 2.42. The average Bonchev–Trinajstić information content (AvgIpc) is 3.40. The number of hydrogen-bond donors (Lipinski definition) is 5. The van der Waals surface area contributed by atoms with Gasteiger partial charge in [0.2, 0.25) is 5.78 Å². The van der Waals surface area contributed by atoms with Crippen LogP contribution in [0.25, 0.3) is 0 Å². The van der Waals surface area contributed by atoms with Crippen molar-refractivity contribution in [2.24, 2.45) is 4.99 Å². The van der Waals surface area contributed by atoms with E-state index < -0.39 is 26.9 Å². The number of carbonyl (C=O) groups excluding carboxylic acids is 1. The number of ketones is 1. The summed E-state index contributed by atoms with van der Waals surface area (Å²) in [7, 11) is -4.42. The first-order chi connectivity index (χ1) is 21.2. The van der Waals surface area contributed by atoms with E-state index in [0.717, 1.165) is 23.3 Å². The Labute approximate surface area is 264 Å². The number of aliphatic hydroxyl groups excluding tert-OH is 1. The topological polar surface area (TPSA) is 192 Å². The Bertz CT molecular complexity index is 1820. The van der Waals surface area contributed by atoms with E-state index in [0.29, 0.717) is 53.2 Å². The zero-order valence-electron chi connectivity index (χ0n) is 24.7. The van der Waals surface area contributed by atoms with Gasteiger partial charge in [0.25, 0.3) is 10.1 Å². The normalized spacial score (nSPS) is 21.9. The molecule has 2 aromatic carbocycles. The number of aliphatic carboxylic acids is 1. The standard InChI is InChI=1S/C31H32N2O10S2/c1-30(2)21-14-18(45(39,40)41)9-11-23(21)32-25(30)15-19-28(36)20(29(19)37)16-26-31(3,12-6-4-5-7-27(34)35)22-13-17(44-43-42-38)8-10-24(22)33-26/h8-11,13-16,33,36,38H,4-7,12H2,1-3H3,(H,34,35)(H,39,40,41)/b19-15-,26-16-. The van der Waals surface area contributed by atoms with E-state index in [-0.39, 0.29) is 34.0 Å². The van der Waals surface area contributed by atoms with Crippen molar-refractivity contribution >= 4 is 51.0 Å². The van der Waals surface area contributed by atoms with Crippen LogP contribution in [-0.2, 0) is 39.9 Å². The van der Waals surface area contributed by atoms with Crippen molar-refractivity contribution in [3.8, 4) is 0 Å². The first-order valence-corrected chi connectivity index (χ1v) is 16.3. The number of nitrogens with one attached hydrogen (secondary N) is 1. The summed E-state index contributed by atoms with van der Waals surface area (Å²) in [5.41, 5.74) is 2.60. The second-order valence-corrected chi connectivity index (χ2v) is 14.0. The second-order valence-electron chi connectivity index (χ2n) is 11.8. The largest absolute Gasteiger partial charge is 0.506 e. The number of rotatable bonds is 12. The second kappa shape index (κ2) is 12.2. The lowest BCUT2D eigenvalue weighted by Gasteiger charge is -2.29. The van der Waals surface area contributed by atoms with Crippen LogP contribution in [0.2, 0.25) is 0 Å². The maximum absolute atomic E-state index is 13.4. The van der Waals surface area contributed by atoms with Gasteiger partial charge in [0.15, 0.2) is 0 Å². The number of aliphatic hydroxyl groups is 1. The maximum atomic E-state index is 13.4. The lowest BCUT2D eigenvalue weighted by molar-refractivity contribution is -0.432. The number of carbonyl (C=O) groups is 2. The number of fused-ring (bicyclic) bond motifs is 2. The lowest BCUT2D eigenvalue weighted by Crippen LogP contribution is -2.29. The summed E-state index contributed by atoms with van der Waals surface area (Å²) in [4.78, 5) is 29.3. The fourth-order valence-corrected chi connectivity index (χ4v) is 6.81. The molecule has 238 valence electrons. The summed E-state index contributed by atoms with van der Waals surface area (Å²) in [5.74, 6) is -1.44. The third kappa shape index (κ3) is 6.21. The van der Waals surface area contributed by atoms with E-state index in [9.17, 15) is 27.7 Å². The quantitative estimate of drug-likeness (QED) is 0.0425. The fourth-order valence-electron chi connectivity index (χ4n) is 5.91. The molecule has 2 heterocycles. The minimum atomic E-state index is -4.42. The fraction of sp³-hybridized carbons (Fsp3) is 0.323. The van der Waals surface area contributed by atoms with E-state index in [4.69, 9.17) is 10.4 Å². The molecule has 45 heavy (non-hydrogen) atoms. The van der Waals surface area contributed by atoms with Gasteiger partial charge >= 0.3 is 5.97 Å². The number of nitrogens with zero attached hydrogens (tertiary/aromatic N) is 1. The molecule has 0 saturated heterocycles. The van der Waals surface area contributed by atoms with Crippen LogP contribution in [0.3, 0.4) is 0 Å². The van der Waals surface area contributed by atoms with Gasteiger partial charge in [0.05, 0.1) is 39.5 Å². The molecule has 0 spiro atoms. The van der Waals surface area contributed by atoms with Gasteiger partial charge in [-0.15, -0.1) is 4.33 Å². The Morgan fingerprint density at radius 1 is 1.07 bits per heavy atom. The number of unbranched alkanes of at least 4 members (excludes halogenated alkanes) is 2. The van der Waals surface area contributed by atoms with E-state index in [1.54, 1.807) is 26.0 Å². The van der Waals surface area contributed by atoms with Crippen LogP contribution in [0, 0.1) is 0 Å². The molecular formula is C31H32N2O10S2. The predicted molar refractivity (Wildman–Crippen MR) is 166 cm³/mol. The molecule has 0 fully saturated rings. The molecule has 14 heteroatoms. The number of anilines is 1. The molecule has 5 N–H and O–H groups in total. The van der Waals surface area contributed by atoms with Crippen LogP contribution in [0.15, 0.2) is 85.9 Å². The molecule has 0 radical (unpaired) electrons. The molecule has 1 unspecified atom stereocenters. The van der Waals surface area contributed by atoms with Gasteiger partial charge in [-0.3, -0.25) is 19.1 Å². The SMILES string of the molecule is CC1(C)C(/C=C2\C(=O)C(/C=C3\Nc4ccc(SOOO)cc4C3(C)CCCCCC(=O)O)=C2O)=Nc2ccc(S(=O)(=O)O)cc21.